The lowest BCUT2D eigenvalue weighted by molar-refractivity contribution is 0.627. The number of aryl methyl sites for hydroxylation is 1. The van der Waals surface area contributed by atoms with Gasteiger partial charge in [0.15, 0.2) is 0 Å². The molecule has 0 unspecified atom stereocenters. The average molecular weight is 146 g/mol. The third-order valence-corrected chi connectivity index (χ3v) is 2.63. The second-order valence-corrected chi connectivity index (χ2v) is 3.73. The molecule has 0 saturated carbocycles. The maximum absolute atomic E-state index is 2.33. The topological polar surface area (TPSA) is 0 Å². The molecule has 2 rings (SSSR count). The van der Waals surface area contributed by atoms with Gasteiger partial charge in [0.25, 0.3) is 0 Å². The molecule has 0 N–H and O–H groups in total. The van der Waals surface area contributed by atoms with Crippen molar-refractivity contribution in [3.8, 4) is 0 Å². The smallest absolute Gasteiger partial charge is 0.0244 e. The van der Waals surface area contributed by atoms with Crippen molar-refractivity contribution in [1.82, 2.24) is 0 Å². The molecule has 1 aromatic carbocycles. The number of fused-ring (bicyclic) bond motifs is 1. The highest BCUT2D eigenvalue weighted by atomic mass is 14.2. The molecule has 1 atom stereocenters. The van der Waals surface area contributed by atoms with Gasteiger partial charge in [0, 0.05) is 0 Å². The fourth-order valence-electron chi connectivity index (χ4n) is 2.04. The van der Waals surface area contributed by atoms with Crippen molar-refractivity contribution in [1.29, 1.82) is 0 Å². The molecule has 0 fully saturated rings. The summed E-state index contributed by atoms with van der Waals surface area (Å²) in [6, 6.07) is 6.66. The molecule has 0 aliphatic heterocycles. The van der Waals surface area contributed by atoms with Gasteiger partial charge in [-0.15, -0.1) is 0 Å². The van der Waals surface area contributed by atoms with Crippen LogP contribution in [0.15, 0.2) is 18.2 Å². The van der Waals surface area contributed by atoms with Crippen LogP contribution < -0.4 is 0 Å². The number of benzene rings is 1. The molecule has 0 amide bonds. The van der Waals surface area contributed by atoms with E-state index in [0.29, 0.717) is 0 Å². The van der Waals surface area contributed by atoms with Gasteiger partial charge in [-0.3, -0.25) is 0 Å². The number of rotatable bonds is 0. The molecule has 0 bridgehead atoms. The zero-order chi connectivity index (χ0) is 7.84. The van der Waals surface area contributed by atoms with E-state index < -0.39 is 0 Å². The van der Waals surface area contributed by atoms with Gasteiger partial charge < -0.3 is 0 Å². The molecule has 1 aliphatic rings. The van der Waals surface area contributed by atoms with Crippen LogP contribution >= 0.6 is 0 Å². The summed E-state index contributed by atoms with van der Waals surface area (Å²) < 4.78 is 0. The van der Waals surface area contributed by atoms with Crippen molar-refractivity contribution < 1.29 is 0 Å². The van der Waals surface area contributed by atoms with Crippen molar-refractivity contribution in [2.24, 2.45) is 5.92 Å². The molecule has 58 valence electrons. The van der Waals surface area contributed by atoms with E-state index >= 15 is 0 Å². The zero-order valence-electron chi connectivity index (χ0n) is 7.22. The molecule has 0 aromatic heterocycles. The molecular weight excluding hydrogens is 132 g/mol. The lowest BCUT2D eigenvalue weighted by Crippen LogP contribution is -1.90. The molecule has 0 heterocycles. The van der Waals surface area contributed by atoms with E-state index in [1.807, 2.05) is 0 Å². The van der Waals surface area contributed by atoms with E-state index in [0.717, 1.165) is 5.92 Å². The summed E-state index contributed by atoms with van der Waals surface area (Å²) >= 11 is 0. The van der Waals surface area contributed by atoms with Gasteiger partial charge >= 0.3 is 0 Å². The number of hydrogen-bond acceptors (Lipinski definition) is 0. The van der Waals surface area contributed by atoms with Gasteiger partial charge in [0.2, 0.25) is 0 Å². The second kappa shape index (κ2) is 2.37. The summed E-state index contributed by atoms with van der Waals surface area (Å²) in [6.45, 7) is 4.55. The Morgan fingerprint density at radius 2 is 2.09 bits per heavy atom. The van der Waals surface area contributed by atoms with Crippen LogP contribution in [0.1, 0.15) is 23.6 Å². The van der Waals surface area contributed by atoms with E-state index in [1.54, 1.807) is 11.1 Å². The van der Waals surface area contributed by atoms with Crippen molar-refractivity contribution in [3.63, 3.8) is 0 Å². The first-order valence-corrected chi connectivity index (χ1v) is 4.34. The van der Waals surface area contributed by atoms with Crippen LogP contribution in [0, 0.1) is 12.8 Å². The SMILES string of the molecule is Cc1cccc2c1C[C@H](C)C2. The fraction of sp³-hybridized carbons (Fsp3) is 0.455. The Hall–Kier alpha value is -0.780. The maximum atomic E-state index is 2.33. The molecular formula is C11H14. The molecule has 1 aromatic rings. The molecule has 0 nitrogen and oxygen atoms in total. The molecule has 0 radical (unpaired) electrons. The fourth-order valence-corrected chi connectivity index (χ4v) is 2.04. The predicted octanol–water partition coefficient (Wildman–Crippen LogP) is 2.73. The van der Waals surface area contributed by atoms with Crippen molar-refractivity contribution in [2.75, 3.05) is 0 Å². The van der Waals surface area contributed by atoms with Gasteiger partial charge in [-0.05, 0) is 42.4 Å². The van der Waals surface area contributed by atoms with E-state index in [2.05, 4.69) is 32.0 Å². The molecule has 11 heavy (non-hydrogen) atoms. The summed E-state index contributed by atoms with van der Waals surface area (Å²) in [7, 11) is 0. The molecule has 0 heteroatoms. The van der Waals surface area contributed by atoms with E-state index in [9.17, 15) is 0 Å². The zero-order valence-corrected chi connectivity index (χ0v) is 7.22. The summed E-state index contributed by atoms with van der Waals surface area (Å²) in [5.74, 6) is 0.867. The third-order valence-electron chi connectivity index (χ3n) is 2.63. The first-order chi connectivity index (χ1) is 5.27. The Morgan fingerprint density at radius 1 is 1.27 bits per heavy atom. The third kappa shape index (κ3) is 1.07. The predicted molar refractivity (Wildman–Crippen MR) is 47.8 cm³/mol. The first kappa shape index (κ1) is 6.90. The normalized spacial score (nSPS) is 21.8. The standard InChI is InChI=1S/C11H14/c1-8-6-10-5-3-4-9(2)11(10)7-8/h3-5,8H,6-7H2,1-2H3/t8-/m1/s1. The van der Waals surface area contributed by atoms with Crippen LogP contribution in [0.2, 0.25) is 0 Å². The summed E-state index contributed by atoms with van der Waals surface area (Å²) in [6.07, 6.45) is 2.58. The minimum Gasteiger partial charge on any atom is -0.0619 e. The van der Waals surface area contributed by atoms with Crippen LogP contribution in [0.3, 0.4) is 0 Å². The Labute approximate surface area is 68.3 Å². The largest absolute Gasteiger partial charge is 0.0619 e. The van der Waals surface area contributed by atoms with Crippen molar-refractivity contribution in [2.45, 2.75) is 26.7 Å². The van der Waals surface area contributed by atoms with Gasteiger partial charge in [-0.2, -0.15) is 0 Å². The van der Waals surface area contributed by atoms with E-state index in [-0.39, 0.29) is 0 Å². The van der Waals surface area contributed by atoms with Crippen LogP contribution in [0.4, 0.5) is 0 Å². The summed E-state index contributed by atoms with van der Waals surface area (Å²) in [4.78, 5) is 0. The van der Waals surface area contributed by atoms with Crippen LogP contribution in [0.5, 0.6) is 0 Å². The highest BCUT2D eigenvalue weighted by Gasteiger charge is 2.17. The van der Waals surface area contributed by atoms with Crippen LogP contribution in [-0.2, 0) is 12.8 Å². The molecule has 1 aliphatic carbocycles. The Balaban J connectivity index is 2.49. The van der Waals surface area contributed by atoms with Gasteiger partial charge in [-0.1, -0.05) is 25.1 Å². The lowest BCUT2D eigenvalue weighted by atomic mass is 10.1. The van der Waals surface area contributed by atoms with Gasteiger partial charge in [0.1, 0.15) is 0 Å². The van der Waals surface area contributed by atoms with Crippen molar-refractivity contribution >= 4 is 0 Å². The van der Waals surface area contributed by atoms with Crippen LogP contribution in [0.25, 0.3) is 0 Å². The highest BCUT2D eigenvalue weighted by molar-refractivity contribution is 5.38. The summed E-state index contributed by atoms with van der Waals surface area (Å²) in [5.41, 5.74) is 4.67. The average Bonchev–Trinajstić information content (AvgIpc) is 2.31. The quantitative estimate of drug-likeness (QED) is 0.528. The van der Waals surface area contributed by atoms with Crippen molar-refractivity contribution in [3.05, 3.63) is 34.9 Å². The summed E-state index contributed by atoms with van der Waals surface area (Å²) in [5, 5.41) is 0. The Kier molecular flexibility index (Phi) is 1.49. The maximum Gasteiger partial charge on any atom is -0.0244 e. The Morgan fingerprint density at radius 3 is 2.82 bits per heavy atom. The Bertz CT molecular complexity index is 273. The van der Waals surface area contributed by atoms with Gasteiger partial charge in [-0.25, -0.2) is 0 Å². The number of hydrogen-bond donors (Lipinski definition) is 0. The molecule has 0 saturated heterocycles. The highest BCUT2D eigenvalue weighted by Crippen LogP contribution is 2.28. The van der Waals surface area contributed by atoms with Gasteiger partial charge in [0.05, 0.1) is 0 Å². The van der Waals surface area contributed by atoms with E-state index in [1.165, 1.54) is 18.4 Å². The first-order valence-electron chi connectivity index (χ1n) is 4.34. The van der Waals surface area contributed by atoms with E-state index in [4.69, 9.17) is 0 Å². The monoisotopic (exact) mass is 146 g/mol. The lowest BCUT2D eigenvalue weighted by Gasteiger charge is -2.00. The second-order valence-electron chi connectivity index (χ2n) is 3.73. The van der Waals surface area contributed by atoms with Crippen LogP contribution in [-0.4, -0.2) is 0 Å². The molecule has 0 spiro atoms. The minimum absolute atomic E-state index is 0.867. The minimum atomic E-state index is 0.867.